The van der Waals surface area contributed by atoms with Gasteiger partial charge in [0.25, 0.3) is 0 Å². The molecule has 1 aliphatic carbocycles. The highest BCUT2D eigenvalue weighted by Gasteiger charge is 2.23. The van der Waals surface area contributed by atoms with Crippen LogP contribution in [0.15, 0.2) is 30.3 Å². The first-order valence-corrected chi connectivity index (χ1v) is 9.42. The van der Waals surface area contributed by atoms with Gasteiger partial charge in [0, 0.05) is 22.9 Å². The summed E-state index contributed by atoms with van der Waals surface area (Å²) >= 11 is 0. The summed E-state index contributed by atoms with van der Waals surface area (Å²) in [4.78, 5) is 5.07. The molecule has 0 amide bonds. The molecule has 1 aromatic carbocycles. The van der Waals surface area contributed by atoms with E-state index < -0.39 is 0 Å². The van der Waals surface area contributed by atoms with Gasteiger partial charge < -0.3 is 5.32 Å². The van der Waals surface area contributed by atoms with Crippen LogP contribution in [-0.2, 0) is 12.8 Å². The number of aryl methyl sites for hydroxylation is 2. The lowest BCUT2D eigenvalue weighted by molar-refractivity contribution is 0.655. The minimum atomic E-state index is 0.418. The number of hydrogen-bond donors (Lipinski definition) is 1. The number of rotatable bonds is 4. The molecule has 0 saturated heterocycles. The number of fused-ring (bicyclic) bond motifs is 2. The lowest BCUT2D eigenvalue weighted by Crippen LogP contribution is -2.21. The average Bonchev–Trinajstić information content (AvgIpc) is 2.97. The van der Waals surface area contributed by atoms with Crippen molar-refractivity contribution < 1.29 is 0 Å². The van der Waals surface area contributed by atoms with Crippen molar-refractivity contribution in [3.63, 3.8) is 0 Å². The van der Waals surface area contributed by atoms with E-state index in [4.69, 9.17) is 10.1 Å². The Morgan fingerprint density at radius 2 is 1.92 bits per heavy atom. The average molecular weight is 334 g/mol. The van der Waals surface area contributed by atoms with Crippen molar-refractivity contribution >= 4 is 11.5 Å². The highest BCUT2D eigenvalue weighted by molar-refractivity contribution is 5.81. The van der Waals surface area contributed by atoms with Crippen molar-refractivity contribution in [2.75, 3.05) is 5.32 Å². The molecular formula is C21H26N4. The minimum absolute atomic E-state index is 0.418. The predicted octanol–water partition coefficient (Wildman–Crippen LogP) is 4.79. The number of nitrogens with one attached hydrogen (secondary N) is 1. The molecule has 0 unspecified atom stereocenters. The molecule has 0 aliphatic heterocycles. The molecule has 0 bridgehead atoms. The lowest BCUT2D eigenvalue weighted by Gasteiger charge is -2.23. The predicted molar refractivity (Wildman–Crippen MR) is 103 cm³/mol. The van der Waals surface area contributed by atoms with Crippen LogP contribution in [0.25, 0.3) is 16.8 Å². The quantitative estimate of drug-likeness (QED) is 0.745. The molecule has 1 aliphatic rings. The smallest absolute Gasteiger partial charge is 0.165 e. The Balaban J connectivity index is 1.98. The monoisotopic (exact) mass is 334 g/mol. The summed E-state index contributed by atoms with van der Waals surface area (Å²) in [5.41, 5.74) is 6.97. The molecule has 4 heteroatoms. The Labute approximate surface area is 149 Å². The van der Waals surface area contributed by atoms with Crippen LogP contribution in [-0.4, -0.2) is 20.6 Å². The first-order chi connectivity index (χ1) is 12.2. The minimum Gasteiger partial charge on any atom is -0.367 e. The molecule has 1 atom stereocenters. The number of aromatic nitrogens is 3. The molecule has 130 valence electrons. The fourth-order valence-corrected chi connectivity index (χ4v) is 3.72. The summed E-state index contributed by atoms with van der Waals surface area (Å²) in [5.74, 6) is 1.15. The van der Waals surface area contributed by atoms with Crippen LogP contribution in [0, 0.1) is 6.92 Å². The topological polar surface area (TPSA) is 42.2 Å². The number of benzene rings is 1. The van der Waals surface area contributed by atoms with Gasteiger partial charge in [0.2, 0.25) is 0 Å². The maximum atomic E-state index is 5.07. The number of nitrogens with zero attached hydrogens (tertiary/aromatic N) is 3. The van der Waals surface area contributed by atoms with Crippen LogP contribution in [0.2, 0.25) is 0 Å². The molecule has 4 nitrogen and oxygen atoms in total. The zero-order chi connectivity index (χ0) is 17.4. The molecule has 0 saturated carbocycles. The molecule has 3 aromatic rings. The van der Waals surface area contributed by atoms with Gasteiger partial charge in [0.1, 0.15) is 5.82 Å². The third kappa shape index (κ3) is 2.80. The summed E-state index contributed by atoms with van der Waals surface area (Å²) < 4.78 is 2.05. The molecule has 4 rings (SSSR count). The van der Waals surface area contributed by atoms with Crippen LogP contribution in [0.1, 0.15) is 50.1 Å². The molecule has 0 fully saturated rings. The second kappa shape index (κ2) is 6.51. The van der Waals surface area contributed by atoms with Gasteiger partial charge in [-0.1, -0.05) is 37.3 Å². The third-order valence-electron chi connectivity index (χ3n) is 5.27. The van der Waals surface area contributed by atoms with E-state index in [0.29, 0.717) is 6.04 Å². The van der Waals surface area contributed by atoms with Gasteiger partial charge in [0.05, 0.1) is 5.69 Å². The van der Waals surface area contributed by atoms with Crippen LogP contribution in [0.3, 0.4) is 0 Å². The fraction of sp³-hybridized carbons (Fsp3) is 0.429. The second-order valence-electron chi connectivity index (χ2n) is 7.11. The van der Waals surface area contributed by atoms with Gasteiger partial charge in [0.15, 0.2) is 5.65 Å². The normalized spacial score (nSPS) is 15.2. The Morgan fingerprint density at radius 1 is 1.16 bits per heavy atom. The van der Waals surface area contributed by atoms with E-state index >= 15 is 0 Å². The zero-order valence-corrected chi connectivity index (χ0v) is 15.3. The Kier molecular flexibility index (Phi) is 4.20. The zero-order valence-electron chi connectivity index (χ0n) is 15.3. The third-order valence-corrected chi connectivity index (χ3v) is 5.27. The second-order valence-corrected chi connectivity index (χ2v) is 7.11. The van der Waals surface area contributed by atoms with E-state index in [-0.39, 0.29) is 0 Å². The van der Waals surface area contributed by atoms with Gasteiger partial charge in [-0.05, 0) is 51.5 Å². The highest BCUT2D eigenvalue weighted by atomic mass is 15.3. The fourth-order valence-electron chi connectivity index (χ4n) is 3.72. The van der Waals surface area contributed by atoms with E-state index in [0.717, 1.165) is 42.0 Å². The highest BCUT2D eigenvalue weighted by Crippen LogP contribution is 2.34. The van der Waals surface area contributed by atoms with Crippen molar-refractivity contribution in [2.45, 2.75) is 58.9 Å². The molecule has 25 heavy (non-hydrogen) atoms. The summed E-state index contributed by atoms with van der Waals surface area (Å²) in [5, 5.41) is 8.59. The van der Waals surface area contributed by atoms with Crippen LogP contribution < -0.4 is 5.32 Å². The maximum Gasteiger partial charge on any atom is 0.165 e. The Bertz CT molecular complexity index is 895. The van der Waals surface area contributed by atoms with Crippen LogP contribution >= 0.6 is 0 Å². The molecule has 1 N–H and O–H groups in total. The number of anilines is 1. The summed E-state index contributed by atoms with van der Waals surface area (Å²) in [6, 6.07) is 10.9. The van der Waals surface area contributed by atoms with Crippen LogP contribution in [0.5, 0.6) is 0 Å². The van der Waals surface area contributed by atoms with Gasteiger partial charge >= 0.3 is 0 Å². The van der Waals surface area contributed by atoms with Gasteiger partial charge in [-0.2, -0.15) is 9.61 Å². The van der Waals surface area contributed by atoms with Crippen LogP contribution in [0.4, 0.5) is 5.82 Å². The van der Waals surface area contributed by atoms with Crippen molar-refractivity contribution in [1.82, 2.24) is 14.6 Å². The molecule has 2 aromatic heterocycles. The summed E-state index contributed by atoms with van der Waals surface area (Å²) in [6.45, 7) is 6.53. The Hall–Kier alpha value is -2.36. The largest absolute Gasteiger partial charge is 0.367 e. The summed E-state index contributed by atoms with van der Waals surface area (Å²) in [7, 11) is 0. The Morgan fingerprint density at radius 3 is 2.68 bits per heavy atom. The lowest BCUT2D eigenvalue weighted by atomic mass is 9.96. The van der Waals surface area contributed by atoms with E-state index in [1.165, 1.54) is 29.7 Å². The van der Waals surface area contributed by atoms with E-state index in [9.17, 15) is 0 Å². The first kappa shape index (κ1) is 16.1. The molecule has 0 radical (unpaired) electrons. The van der Waals surface area contributed by atoms with E-state index in [1.54, 1.807) is 0 Å². The van der Waals surface area contributed by atoms with Gasteiger partial charge in [-0.25, -0.2) is 4.98 Å². The van der Waals surface area contributed by atoms with Crippen molar-refractivity contribution in [3.05, 3.63) is 47.3 Å². The van der Waals surface area contributed by atoms with Gasteiger partial charge in [-0.3, -0.25) is 0 Å². The van der Waals surface area contributed by atoms with Gasteiger partial charge in [-0.15, -0.1) is 0 Å². The van der Waals surface area contributed by atoms with E-state index in [2.05, 4.69) is 56.4 Å². The molecule has 0 spiro atoms. The number of hydrogen-bond acceptors (Lipinski definition) is 3. The molecular weight excluding hydrogens is 308 g/mol. The van der Waals surface area contributed by atoms with Crippen molar-refractivity contribution in [3.8, 4) is 11.1 Å². The van der Waals surface area contributed by atoms with E-state index in [1.807, 2.05) is 4.52 Å². The summed E-state index contributed by atoms with van der Waals surface area (Å²) in [6.07, 6.45) is 5.72. The first-order valence-electron chi connectivity index (χ1n) is 9.42. The molecule has 2 heterocycles. The maximum absolute atomic E-state index is 5.07. The van der Waals surface area contributed by atoms with Crippen molar-refractivity contribution in [2.24, 2.45) is 0 Å². The SMILES string of the molecule is CC[C@@H](C)Nc1c2c(nc3c(-c4ccccc4)c(C)nn13)CCCC2. The standard InChI is InChI=1S/C21H26N4/c1-4-14(2)22-20-17-12-8-9-13-18(17)23-21-19(15(3)24-25(20)21)16-10-6-5-7-11-16/h5-7,10-11,14,22H,4,8-9,12-13H2,1-3H3/t14-/m1/s1. The van der Waals surface area contributed by atoms with Crippen molar-refractivity contribution in [1.29, 1.82) is 0 Å².